The van der Waals surface area contributed by atoms with Crippen LogP contribution < -0.4 is 0 Å². The average Bonchev–Trinajstić information content (AvgIpc) is 2.25. The van der Waals surface area contributed by atoms with Crippen LogP contribution in [0, 0.1) is 5.92 Å². The number of rotatable bonds is 3. The standard InChI is InChI=1S/C19H32O/c1-13(2)9-17(20)14-10-15(18(3,4)5)12-16(11-14)19(6,7)8/h10-13,17,20H,9H2,1-8H3. The van der Waals surface area contributed by atoms with Crippen molar-refractivity contribution in [3.05, 3.63) is 34.9 Å². The highest BCUT2D eigenvalue weighted by Crippen LogP contribution is 2.33. The minimum atomic E-state index is -0.363. The molecule has 1 N–H and O–H groups in total. The molecule has 0 aliphatic carbocycles. The lowest BCUT2D eigenvalue weighted by Gasteiger charge is -2.27. The highest BCUT2D eigenvalue weighted by molar-refractivity contribution is 5.38. The van der Waals surface area contributed by atoms with Crippen molar-refractivity contribution < 1.29 is 5.11 Å². The molecule has 1 atom stereocenters. The van der Waals surface area contributed by atoms with Crippen LogP contribution in [-0.4, -0.2) is 5.11 Å². The topological polar surface area (TPSA) is 20.2 Å². The normalized spacial score (nSPS) is 14.7. The van der Waals surface area contributed by atoms with Gasteiger partial charge in [0.1, 0.15) is 0 Å². The van der Waals surface area contributed by atoms with E-state index in [0.29, 0.717) is 5.92 Å². The van der Waals surface area contributed by atoms with Crippen molar-refractivity contribution in [2.24, 2.45) is 5.92 Å². The molecule has 0 aliphatic rings. The van der Waals surface area contributed by atoms with Gasteiger partial charge in [0, 0.05) is 0 Å². The summed E-state index contributed by atoms with van der Waals surface area (Å²) in [4.78, 5) is 0. The molecule has 1 unspecified atom stereocenters. The Bertz CT molecular complexity index is 412. The van der Waals surface area contributed by atoms with E-state index in [-0.39, 0.29) is 16.9 Å². The number of aliphatic hydroxyl groups is 1. The second kappa shape index (κ2) is 5.89. The van der Waals surface area contributed by atoms with E-state index >= 15 is 0 Å². The number of aliphatic hydroxyl groups excluding tert-OH is 1. The van der Waals surface area contributed by atoms with Gasteiger partial charge in [0.05, 0.1) is 6.10 Å². The van der Waals surface area contributed by atoms with E-state index in [1.807, 2.05) is 0 Å². The summed E-state index contributed by atoms with van der Waals surface area (Å²) in [6.07, 6.45) is 0.454. The van der Waals surface area contributed by atoms with Crippen molar-refractivity contribution >= 4 is 0 Å². The van der Waals surface area contributed by atoms with Crippen LogP contribution >= 0.6 is 0 Å². The Morgan fingerprint density at radius 2 is 1.25 bits per heavy atom. The SMILES string of the molecule is CC(C)CC(O)c1cc(C(C)(C)C)cc(C(C)(C)C)c1. The summed E-state index contributed by atoms with van der Waals surface area (Å²) in [7, 11) is 0. The van der Waals surface area contributed by atoms with Crippen LogP contribution in [0.5, 0.6) is 0 Å². The molecule has 0 saturated carbocycles. The quantitative estimate of drug-likeness (QED) is 0.787. The molecule has 0 amide bonds. The monoisotopic (exact) mass is 276 g/mol. The summed E-state index contributed by atoms with van der Waals surface area (Å²) in [5, 5.41) is 10.5. The number of benzene rings is 1. The maximum Gasteiger partial charge on any atom is 0.0792 e. The highest BCUT2D eigenvalue weighted by Gasteiger charge is 2.22. The van der Waals surface area contributed by atoms with Crippen molar-refractivity contribution in [2.75, 3.05) is 0 Å². The first-order chi connectivity index (χ1) is 8.91. The Kier molecular flexibility index (Phi) is 5.08. The Morgan fingerprint density at radius 1 is 0.850 bits per heavy atom. The highest BCUT2D eigenvalue weighted by atomic mass is 16.3. The lowest BCUT2D eigenvalue weighted by atomic mass is 9.78. The Hall–Kier alpha value is -0.820. The summed E-state index contributed by atoms with van der Waals surface area (Å²) < 4.78 is 0. The van der Waals surface area contributed by atoms with Crippen LogP contribution in [0.3, 0.4) is 0 Å². The Labute approximate surface area is 125 Å². The first-order valence-corrected chi connectivity index (χ1v) is 7.75. The molecular formula is C19H32O. The number of hydrogen-bond acceptors (Lipinski definition) is 1. The summed E-state index contributed by atoms with van der Waals surface area (Å²) in [5.74, 6) is 0.501. The van der Waals surface area contributed by atoms with E-state index in [1.54, 1.807) is 0 Å². The van der Waals surface area contributed by atoms with Crippen LogP contribution in [0.4, 0.5) is 0 Å². The van der Waals surface area contributed by atoms with E-state index < -0.39 is 0 Å². The second-order valence-electron chi connectivity index (χ2n) is 8.49. The van der Waals surface area contributed by atoms with E-state index in [1.165, 1.54) is 11.1 Å². The Morgan fingerprint density at radius 3 is 1.55 bits per heavy atom. The molecule has 0 aliphatic heterocycles. The predicted octanol–water partition coefficient (Wildman–Crippen LogP) is 5.36. The van der Waals surface area contributed by atoms with E-state index in [0.717, 1.165) is 12.0 Å². The lowest BCUT2D eigenvalue weighted by molar-refractivity contribution is 0.150. The first-order valence-electron chi connectivity index (χ1n) is 7.75. The van der Waals surface area contributed by atoms with E-state index in [2.05, 4.69) is 73.6 Å². The molecule has 0 radical (unpaired) electrons. The molecule has 20 heavy (non-hydrogen) atoms. The fourth-order valence-electron chi connectivity index (χ4n) is 2.29. The van der Waals surface area contributed by atoms with Crippen molar-refractivity contribution in [1.82, 2.24) is 0 Å². The molecule has 1 rings (SSSR count). The van der Waals surface area contributed by atoms with Gasteiger partial charge in [-0.1, -0.05) is 73.6 Å². The predicted molar refractivity (Wildman–Crippen MR) is 88.3 cm³/mol. The first kappa shape index (κ1) is 17.2. The van der Waals surface area contributed by atoms with Crippen molar-refractivity contribution in [3.63, 3.8) is 0 Å². The molecule has 0 heterocycles. The van der Waals surface area contributed by atoms with Gasteiger partial charge in [0.2, 0.25) is 0 Å². The number of hydrogen-bond donors (Lipinski definition) is 1. The van der Waals surface area contributed by atoms with Crippen LogP contribution in [-0.2, 0) is 10.8 Å². The molecule has 0 aromatic heterocycles. The molecule has 0 bridgehead atoms. The molecule has 1 aromatic carbocycles. The molecule has 0 spiro atoms. The molecule has 0 saturated heterocycles. The van der Waals surface area contributed by atoms with Gasteiger partial charge in [-0.15, -0.1) is 0 Å². The molecule has 1 heteroatoms. The van der Waals surface area contributed by atoms with Gasteiger partial charge in [-0.2, -0.15) is 0 Å². The minimum Gasteiger partial charge on any atom is -0.388 e. The third kappa shape index (κ3) is 4.63. The molecule has 1 aromatic rings. The fraction of sp³-hybridized carbons (Fsp3) is 0.684. The van der Waals surface area contributed by atoms with Gasteiger partial charge >= 0.3 is 0 Å². The zero-order valence-electron chi connectivity index (χ0n) is 14.5. The summed E-state index contributed by atoms with van der Waals surface area (Å²) in [6, 6.07) is 6.66. The Balaban J connectivity index is 3.31. The van der Waals surface area contributed by atoms with Gasteiger partial charge in [0.25, 0.3) is 0 Å². The zero-order valence-corrected chi connectivity index (χ0v) is 14.5. The van der Waals surface area contributed by atoms with Crippen LogP contribution in [0.15, 0.2) is 18.2 Å². The summed E-state index contributed by atoms with van der Waals surface area (Å²) >= 11 is 0. The zero-order chi connectivity index (χ0) is 15.7. The fourth-order valence-corrected chi connectivity index (χ4v) is 2.29. The summed E-state index contributed by atoms with van der Waals surface area (Å²) in [6.45, 7) is 17.7. The molecule has 114 valence electrons. The third-order valence-corrected chi connectivity index (χ3v) is 3.77. The van der Waals surface area contributed by atoms with Gasteiger partial charge < -0.3 is 5.11 Å². The van der Waals surface area contributed by atoms with Gasteiger partial charge in [0.15, 0.2) is 0 Å². The van der Waals surface area contributed by atoms with Crippen LogP contribution in [0.25, 0.3) is 0 Å². The van der Waals surface area contributed by atoms with Crippen LogP contribution in [0.2, 0.25) is 0 Å². The van der Waals surface area contributed by atoms with Crippen molar-refractivity contribution in [1.29, 1.82) is 0 Å². The second-order valence-corrected chi connectivity index (χ2v) is 8.49. The van der Waals surface area contributed by atoms with Gasteiger partial charge in [-0.05, 0) is 39.9 Å². The maximum atomic E-state index is 10.5. The maximum absolute atomic E-state index is 10.5. The van der Waals surface area contributed by atoms with Crippen LogP contribution in [0.1, 0.15) is 84.6 Å². The van der Waals surface area contributed by atoms with Crippen molar-refractivity contribution in [2.45, 2.75) is 78.7 Å². The third-order valence-electron chi connectivity index (χ3n) is 3.77. The van der Waals surface area contributed by atoms with E-state index in [4.69, 9.17) is 0 Å². The smallest absolute Gasteiger partial charge is 0.0792 e. The summed E-state index contributed by atoms with van der Waals surface area (Å²) in [5.41, 5.74) is 3.89. The van der Waals surface area contributed by atoms with Crippen molar-refractivity contribution in [3.8, 4) is 0 Å². The van der Waals surface area contributed by atoms with E-state index in [9.17, 15) is 5.11 Å². The minimum absolute atomic E-state index is 0.105. The average molecular weight is 276 g/mol. The van der Waals surface area contributed by atoms with Gasteiger partial charge in [-0.25, -0.2) is 0 Å². The largest absolute Gasteiger partial charge is 0.388 e. The molecular weight excluding hydrogens is 244 g/mol. The molecule has 1 nitrogen and oxygen atoms in total. The lowest BCUT2D eigenvalue weighted by Crippen LogP contribution is -2.18. The van der Waals surface area contributed by atoms with Gasteiger partial charge in [-0.3, -0.25) is 0 Å². The molecule has 0 fully saturated rings.